The Morgan fingerprint density at radius 1 is 1.32 bits per heavy atom. The molecule has 2 aromatic heterocycles. The summed E-state index contributed by atoms with van der Waals surface area (Å²) in [5.74, 6) is 2.43. The molecule has 0 spiro atoms. The van der Waals surface area contributed by atoms with Crippen molar-refractivity contribution in [2.75, 3.05) is 18.0 Å². The molecule has 0 amide bonds. The normalized spacial score (nSPS) is 19.7. The molecule has 1 aliphatic rings. The van der Waals surface area contributed by atoms with Crippen LogP contribution in [-0.2, 0) is 0 Å². The van der Waals surface area contributed by atoms with Crippen LogP contribution >= 0.6 is 11.3 Å². The monoisotopic (exact) mass is 274 g/mol. The number of aryl methyl sites for hydroxylation is 2. The van der Waals surface area contributed by atoms with Gasteiger partial charge < -0.3 is 4.90 Å². The van der Waals surface area contributed by atoms with E-state index in [2.05, 4.69) is 26.8 Å². The number of piperidine rings is 1. The predicted octanol–water partition coefficient (Wildman–Crippen LogP) is 2.93. The first-order valence-corrected chi connectivity index (χ1v) is 7.51. The molecule has 100 valence electrons. The van der Waals surface area contributed by atoms with Gasteiger partial charge in [0.1, 0.15) is 11.6 Å². The Labute approximate surface area is 117 Å². The molecule has 0 N–H and O–H groups in total. The summed E-state index contributed by atoms with van der Waals surface area (Å²) < 4.78 is 0. The van der Waals surface area contributed by atoms with Gasteiger partial charge in [0, 0.05) is 36.3 Å². The zero-order chi connectivity index (χ0) is 13.2. The van der Waals surface area contributed by atoms with Crippen molar-refractivity contribution in [2.45, 2.75) is 32.6 Å². The SMILES string of the molecule is Cc1nccc(N2CCCC(c3ncc(C)s3)C2)n1. The predicted molar refractivity (Wildman–Crippen MR) is 77.8 cm³/mol. The first kappa shape index (κ1) is 12.5. The summed E-state index contributed by atoms with van der Waals surface area (Å²) in [5.41, 5.74) is 0. The average Bonchev–Trinajstić information content (AvgIpc) is 2.86. The van der Waals surface area contributed by atoms with Crippen LogP contribution in [0.15, 0.2) is 18.5 Å². The molecule has 4 nitrogen and oxygen atoms in total. The third-order valence-electron chi connectivity index (χ3n) is 3.50. The van der Waals surface area contributed by atoms with Crippen molar-refractivity contribution in [3.8, 4) is 0 Å². The molecule has 3 rings (SSSR count). The van der Waals surface area contributed by atoms with Crippen LogP contribution < -0.4 is 4.90 Å². The van der Waals surface area contributed by atoms with Crippen molar-refractivity contribution in [1.29, 1.82) is 0 Å². The summed E-state index contributed by atoms with van der Waals surface area (Å²) in [4.78, 5) is 16.9. The molecule has 5 heteroatoms. The van der Waals surface area contributed by atoms with Crippen molar-refractivity contribution >= 4 is 17.2 Å². The number of hydrogen-bond donors (Lipinski definition) is 0. The van der Waals surface area contributed by atoms with E-state index in [0.717, 1.165) is 24.7 Å². The van der Waals surface area contributed by atoms with E-state index in [-0.39, 0.29) is 0 Å². The Balaban J connectivity index is 1.78. The van der Waals surface area contributed by atoms with E-state index in [9.17, 15) is 0 Å². The Morgan fingerprint density at radius 2 is 2.21 bits per heavy atom. The standard InChI is InChI=1S/C14H18N4S/c1-10-8-16-14(19-10)12-4-3-7-18(9-12)13-5-6-15-11(2)17-13/h5-6,8,12H,3-4,7,9H2,1-2H3. The highest BCUT2D eigenvalue weighted by Crippen LogP contribution is 2.31. The van der Waals surface area contributed by atoms with E-state index < -0.39 is 0 Å². The van der Waals surface area contributed by atoms with Crippen molar-refractivity contribution < 1.29 is 0 Å². The van der Waals surface area contributed by atoms with Gasteiger partial charge in [-0.2, -0.15) is 0 Å². The van der Waals surface area contributed by atoms with Crippen LogP contribution in [0.25, 0.3) is 0 Å². The van der Waals surface area contributed by atoms with E-state index in [4.69, 9.17) is 0 Å². The van der Waals surface area contributed by atoms with Crippen molar-refractivity contribution in [2.24, 2.45) is 0 Å². The molecule has 3 heterocycles. The van der Waals surface area contributed by atoms with E-state index in [1.54, 1.807) is 0 Å². The van der Waals surface area contributed by atoms with Crippen LogP contribution in [0.2, 0.25) is 0 Å². The number of thiazole rings is 1. The van der Waals surface area contributed by atoms with E-state index in [1.165, 1.54) is 22.7 Å². The van der Waals surface area contributed by atoms with Crippen molar-refractivity contribution in [3.05, 3.63) is 34.2 Å². The third kappa shape index (κ3) is 2.76. The fourth-order valence-electron chi connectivity index (χ4n) is 2.57. The second-order valence-electron chi connectivity index (χ2n) is 5.06. The fourth-order valence-corrected chi connectivity index (χ4v) is 3.47. The lowest BCUT2D eigenvalue weighted by Crippen LogP contribution is -2.35. The number of anilines is 1. The Bertz CT molecular complexity index is 566. The van der Waals surface area contributed by atoms with Crippen LogP contribution in [0.3, 0.4) is 0 Å². The number of nitrogens with zero attached hydrogens (tertiary/aromatic N) is 4. The summed E-state index contributed by atoms with van der Waals surface area (Å²) in [6.07, 6.45) is 6.25. The number of aromatic nitrogens is 3. The zero-order valence-electron chi connectivity index (χ0n) is 11.3. The molecule has 0 aliphatic carbocycles. The minimum atomic E-state index is 0.544. The molecule has 1 aliphatic heterocycles. The molecule has 0 saturated carbocycles. The van der Waals surface area contributed by atoms with Gasteiger partial charge in [-0.1, -0.05) is 0 Å². The van der Waals surface area contributed by atoms with Gasteiger partial charge in [0.05, 0.1) is 5.01 Å². The molecule has 1 unspecified atom stereocenters. The smallest absolute Gasteiger partial charge is 0.132 e. The van der Waals surface area contributed by atoms with Crippen LogP contribution in [0.4, 0.5) is 5.82 Å². The van der Waals surface area contributed by atoms with Crippen LogP contribution in [0.1, 0.15) is 34.5 Å². The van der Waals surface area contributed by atoms with E-state index in [1.807, 2.05) is 36.7 Å². The van der Waals surface area contributed by atoms with Crippen molar-refractivity contribution in [1.82, 2.24) is 15.0 Å². The molecule has 1 saturated heterocycles. The van der Waals surface area contributed by atoms with Crippen LogP contribution in [0.5, 0.6) is 0 Å². The molecule has 2 aromatic rings. The molecule has 1 fully saturated rings. The highest BCUT2D eigenvalue weighted by molar-refractivity contribution is 7.11. The molecule has 0 aromatic carbocycles. The molecular weight excluding hydrogens is 256 g/mol. The Hall–Kier alpha value is -1.49. The largest absolute Gasteiger partial charge is 0.356 e. The molecule has 19 heavy (non-hydrogen) atoms. The summed E-state index contributed by atoms with van der Waals surface area (Å²) in [5, 5.41) is 1.27. The number of hydrogen-bond acceptors (Lipinski definition) is 5. The number of rotatable bonds is 2. The maximum absolute atomic E-state index is 4.54. The Morgan fingerprint density at radius 3 is 2.95 bits per heavy atom. The lowest BCUT2D eigenvalue weighted by Gasteiger charge is -2.32. The Kier molecular flexibility index (Phi) is 3.46. The van der Waals surface area contributed by atoms with Gasteiger partial charge in [-0.25, -0.2) is 15.0 Å². The summed E-state index contributed by atoms with van der Waals surface area (Å²) >= 11 is 1.82. The average molecular weight is 274 g/mol. The van der Waals surface area contributed by atoms with E-state index in [0.29, 0.717) is 5.92 Å². The van der Waals surface area contributed by atoms with Gasteiger partial charge >= 0.3 is 0 Å². The van der Waals surface area contributed by atoms with Crippen molar-refractivity contribution in [3.63, 3.8) is 0 Å². The minimum absolute atomic E-state index is 0.544. The second kappa shape index (κ2) is 5.25. The first-order valence-electron chi connectivity index (χ1n) is 6.69. The summed E-state index contributed by atoms with van der Waals surface area (Å²) in [7, 11) is 0. The lowest BCUT2D eigenvalue weighted by molar-refractivity contribution is 0.505. The minimum Gasteiger partial charge on any atom is -0.356 e. The van der Waals surface area contributed by atoms with Gasteiger partial charge in [0.15, 0.2) is 0 Å². The molecule has 1 atom stereocenters. The van der Waals surface area contributed by atoms with Crippen LogP contribution in [-0.4, -0.2) is 28.0 Å². The maximum atomic E-state index is 4.54. The topological polar surface area (TPSA) is 41.9 Å². The second-order valence-corrected chi connectivity index (χ2v) is 6.32. The highest BCUT2D eigenvalue weighted by atomic mass is 32.1. The van der Waals surface area contributed by atoms with Crippen LogP contribution in [0, 0.1) is 13.8 Å². The third-order valence-corrected chi connectivity index (χ3v) is 4.57. The van der Waals surface area contributed by atoms with Gasteiger partial charge in [-0.05, 0) is 32.8 Å². The maximum Gasteiger partial charge on any atom is 0.132 e. The fraction of sp³-hybridized carbons (Fsp3) is 0.500. The van der Waals surface area contributed by atoms with Gasteiger partial charge in [-0.3, -0.25) is 0 Å². The van der Waals surface area contributed by atoms with Gasteiger partial charge in [-0.15, -0.1) is 11.3 Å². The molecular formula is C14H18N4S. The van der Waals surface area contributed by atoms with Gasteiger partial charge in [0.25, 0.3) is 0 Å². The zero-order valence-corrected chi connectivity index (χ0v) is 12.2. The van der Waals surface area contributed by atoms with Gasteiger partial charge in [0.2, 0.25) is 0 Å². The molecule has 0 bridgehead atoms. The quantitative estimate of drug-likeness (QED) is 0.844. The lowest BCUT2D eigenvalue weighted by atomic mass is 9.99. The summed E-state index contributed by atoms with van der Waals surface area (Å²) in [6.45, 7) is 6.16. The van der Waals surface area contributed by atoms with E-state index >= 15 is 0 Å². The highest BCUT2D eigenvalue weighted by Gasteiger charge is 2.24. The molecule has 0 radical (unpaired) electrons. The summed E-state index contributed by atoms with van der Waals surface area (Å²) in [6, 6.07) is 2.00. The first-order chi connectivity index (χ1) is 9.22.